The molecule has 0 unspecified atom stereocenters. The zero-order chi connectivity index (χ0) is 20.8. The van der Waals surface area contributed by atoms with Crippen LogP contribution in [0.4, 0.5) is 0 Å². The van der Waals surface area contributed by atoms with Crippen molar-refractivity contribution in [2.45, 2.75) is 6.92 Å². The monoisotopic (exact) mass is 395 g/mol. The van der Waals surface area contributed by atoms with Crippen LogP contribution in [0, 0.1) is 6.92 Å². The van der Waals surface area contributed by atoms with Crippen LogP contribution in [0.2, 0.25) is 0 Å². The molecule has 1 N–H and O–H groups in total. The number of H-pyrrole nitrogens is 1. The van der Waals surface area contributed by atoms with E-state index >= 15 is 0 Å². The van der Waals surface area contributed by atoms with Gasteiger partial charge in [-0.15, -0.1) is 0 Å². The molecule has 2 aromatic carbocycles. The highest BCUT2D eigenvalue weighted by Crippen LogP contribution is 2.32. The average molecular weight is 395 g/mol. The fourth-order valence-corrected chi connectivity index (χ4v) is 3.91. The molecule has 0 aliphatic heterocycles. The Morgan fingerprint density at radius 3 is 2.50 bits per heavy atom. The average Bonchev–Trinajstić information content (AvgIpc) is 3.35. The zero-order valence-corrected chi connectivity index (χ0v) is 17.0. The number of rotatable bonds is 3. The maximum absolute atomic E-state index is 12.2. The maximum Gasteiger partial charge on any atom is 0.328 e. The van der Waals surface area contributed by atoms with E-state index in [0.29, 0.717) is 0 Å². The smallest absolute Gasteiger partial charge is 0.328 e. The van der Waals surface area contributed by atoms with Crippen molar-refractivity contribution in [2.75, 3.05) is 0 Å². The maximum atomic E-state index is 12.2. The largest absolute Gasteiger partial charge is 0.338 e. The molecule has 0 aliphatic carbocycles. The van der Waals surface area contributed by atoms with Crippen LogP contribution in [0.25, 0.3) is 44.8 Å². The predicted octanol–water partition coefficient (Wildman–Crippen LogP) is 4.30. The summed E-state index contributed by atoms with van der Waals surface area (Å²) < 4.78 is 3.32. The van der Waals surface area contributed by atoms with Gasteiger partial charge in [0, 0.05) is 43.2 Å². The highest BCUT2D eigenvalue weighted by atomic mass is 16.1. The number of pyridine rings is 1. The van der Waals surface area contributed by atoms with Gasteiger partial charge in [-0.1, -0.05) is 29.8 Å². The van der Waals surface area contributed by atoms with Crippen LogP contribution in [0.1, 0.15) is 5.56 Å². The minimum atomic E-state index is -0.0340. The van der Waals surface area contributed by atoms with Crippen LogP contribution >= 0.6 is 0 Å². The normalized spacial score (nSPS) is 11.3. The SMILES string of the molecule is Cc1ccc(-c2cccnc2)c(-c2ncc(-c3ccc4c(c3)n(C)c(=O)n4C)[nH]2)c1. The molecule has 0 amide bonds. The number of nitrogens with zero attached hydrogens (tertiary/aromatic N) is 4. The minimum absolute atomic E-state index is 0.0340. The Labute approximate surface area is 173 Å². The lowest BCUT2D eigenvalue weighted by Gasteiger charge is -2.09. The first-order valence-corrected chi connectivity index (χ1v) is 9.75. The summed E-state index contributed by atoms with van der Waals surface area (Å²) in [6, 6.07) is 16.3. The van der Waals surface area contributed by atoms with Gasteiger partial charge in [-0.25, -0.2) is 9.78 Å². The minimum Gasteiger partial charge on any atom is -0.338 e. The van der Waals surface area contributed by atoms with E-state index in [0.717, 1.165) is 50.4 Å². The second kappa shape index (κ2) is 6.84. The Hall–Kier alpha value is -3.93. The van der Waals surface area contributed by atoms with Crippen molar-refractivity contribution in [2.24, 2.45) is 14.1 Å². The van der Waals surface area contributed by atoms with E-state index in [1.165, 1.54) is 0 Å². The van der Waals surface area contributed by atoms with Gasteiger partial charge < -0.3 is 4.98 Å². The predicted molar refractivity (Wildman–Crippen MR) is 119 cm³/mol. The van der Waals surface area contributed by atoms with E-state index < -0.39 is 0 Å². The molecule has 0 spiro atoms. The van der Waals surface area contributed by atoms with Crippen molar-refractivity contribution >= 4 is 11.0 Å². The van der Waals surface area contributed by atoms with Gasteiger partial charge in [-0.05, 0) is 36.8 Å². The summed E-state index contributed by atoms with van der Waals surface area (Å²) in [6.45, 7) is 2.07. The van der Waals surface area contributed by atoms with Crippen LogP contribution in [-0.2, 0) is 14.1 Å². The Morgan fingerprint density at radius 2 is 1.70 bits per heavy atom. The Balaban J connectivity index is 1.62. The Kier molecular flexibility index (Phi) is 4.13. The van der Waals surface area contributed by atoms with Gasteiger partial charge in [0.25, 0.3) is 0 Å². The topological polar surface area (TPSA) is 68.5 Å². The molecule has 5 aromatic rings. The van der Waals surface area contributed by atoms with Crippen LogP contribution in [0.3, 0.4) is 0 Å². The third kappa shape index (κ3) is 2.85. The molecule has 0 aliphatic rings. The van der Waals surface area contributed by atoms with Gasteiger partial charge in [0.15, 0.2) is 0 Å². The van der Waals surface area contributed by atoms with Gasteiger partial charge in [0.1, 0.15) is 5.82 Å². The fraction of sp³-hybridized carbons (Fsp3) is 0.125. The number of aromatic nitrogens is 5. The number of nitrogens with one attached hydrogen (secondary N) is 1. The van der Waals surface area contributed by atoms with Crippen LogP contribution < -0.4 is 5.69 Å². The molecule has 0 saturated carbocycles. The molecule has 148 valence electrons. The van der Waals surface area contributed by atoms with Crippen LogP contribution in [0.15, 0.2) is 71.9 Å². The third-order valence-corrected chi connectivity index (χ3v) is 5.56. The summed E-state index contributed by atoms with van der Waals surface area (Å²) >= 11 is 0. The van der Waals surface area contributed by atoms with Gasteiger partial charge in [-0.3, -0.25) is 14.1 Å². The first-order chi connectivity index (χ1) is 14.5. The number of benzene rings is 2. The fourth-order valence-electron chi connectivity index (χ4n) is 3.91. The van der Waals surface area contributed by atoms with E-state index in [4.69, 9.17) is 0 Å². The molecule has 0 radical (unpaired) electrons. The number of hydrogen-bond acceptors (Lipinski definition) is 3. The highest BCUT2D eigenvalue weighted by molar-refractivity contribution is 5.84. The molecule has 6 nitrogen and oxygen atoms in total. The van der Waals surface area contributed by atoms with E-state index in [1.54, 1.807) is 29.4 Å². The summed E-state index contributed by atoms with van der Waals surface area (Å²) in [5, 5.41) is 0. The van der Waals surface area contributed by atoms with Gasteiger partial charge in [-0.2, -0.15) is 0 Å². The number of aromatic amines is 1. The van der Waals surface area contributed by atoms with Crippen molar-refractivity contribution in [3.05, 3.63) is 83.2 Å². The number of hydrogen-bond donors (Lipinski definition) is 1. The van der Waals surface area contributed by atoms with Crippen molar-refractivity contribution in [1.82, 2.24) is 24.1 Å². The molecule has 0 atom stereocenters. The zero-order valence-electron chi connectivity index (χ0n) is 17.0. The summed E-state index contributed by atoms with van der Waals surface area (Å²) in [7, 11) is 3.58. The molecule has 3 aromatic heterocycles. The molecule has 6 heteroatoms. The molecule has 0 fully saturated rings. The Bertz CT molecular complexity index is 1440. The van der Waals surface area contributed by atoms with Crippen molar-refractivity contribution in [3.8, 4) is 33.8 Å². The summed E-state index contributed by atoms with van der Waals surface area (Å²) in [4.78, 5) is 24.6. The molecule has 30 heavy (non-hydrogen) atoms. The number of fused-ring (bicyclic) bond motifs is 1. The van der Waals surface area contributed by atoms with E-state index in [-0.39, 0.29) is 5.69 Å². The summed E-state index contributed by atoms with van der Waals surface area (Å²) in [6.07, 6.45) is 5.48. The Morgan fingerprint density at radius 1 is 0.867 bits per heavy atom. The van der Waals surface area contributed by atoms with Gasteiger partial charge in [0.05, 0.1) is 22.9 Å². The van der Waals surface area contributed by atoms with Crippen LogP contribution in [0.5, 0.6) is 0 Å². The number of aryl methyl sites for hydroxylation is 3. The molecular weight excluding hydrogens is 374 g/mol. The van der Waals surface area contributed by atoms with Crippen molar-refractivity contribution in [1.29, 1.82) is 0 Å². The van der Waals surface area contributed by atoms with E-state index in [9.17, 15) is 4.79 Å². The summed E-state index contributed by atoms with van der Waals surface area (Å²) in [5.41, 5.74) is 7.97. The second-order valence-corrected chi connectivity index (χ2v) is 7.54. The highest BCUT2D eigenvalue weighted by Gasteiger charge is 2.14. The molecular formula is C24H21N5O. The quantitative estimate of drug-likeness (QED) is 0.495. The van der Waals surface area contributed by atoms with E-state index in [1.807, 2.05) is 36.7 Å². The lowest BCUT2D eigenvalue weighted by Crippen LogP contribution is -2.19. The lowest BCUT2D eigenvalue weighted by molar-refractivity contribution is 0.795. The second-order valence-electron chi connectivity index (χ2n) is 7.54. The number of imidazole rings is 2. The third-order valence-electron chi connectivity index (χ3n) is 5.56. The molecule has 0 bridgehead atoms. The summed E-state index contributed by atoms with van der Waals surface area (Å²) in [5.74, 6) is 0.801. The van der Waals surface area contributed by atoms with Gasteiger partial charge >= 0.3 is 5.69 Å². The molecule has 0 saturated heterocycles. The van der Waals surface area contributed by atoms with Crippen molar-refractivity contribution in [3.63, 3.8) is 0 Å². The first kappa shape index (κ1) is 18.1. The van der Waals surface area contributed by atoms with Gasteiger partial charge in [0.2, 0.25) is 0 Å². The first-order valence-electron chi connectivity index (χ1n) is 9.75. The van der Waals surface area contributed by atoms with Crippen molar-refractivity contribution < 1.29 is 0 Å². The molecule has 3 heterocycles. The standard InChI is InChI=1S/C24H21N5O/c1-15-6-8-18(17-5-4-10-25-13-17)19(11-15)23-26-14-20(27-23)16-7-9-21-22(12-16)29(3)24(30)28(21)2/h4-14H,1-3H3,(H,26,27). The lowest BCUT2D eigenvalue weighted by atomic mass is 9.98. The van der Waals surface area contributed by atoms with Crippen LogP contribution in [-0.4, -0.2) is 24.1 Å². The molecule has 5 rings (SSSR count). The van der Waals surface area contributed by atoms with E-state index in [2.05, 4.69) is 46.1 Å².